The highest BCUT2D eigenvalue weighted by Crippen LogP contribution is 2.31. The zero-order chi connectivity index (χ0) is 23.6. The highest BCUT2D eigenvalue weighted by atomic mass is 35.5. The van der Waals surface area contributed by atoms with Gasteiger partial charge in [0, 0.05) is 29.2 Å². The van der Waals surface area contributed by atoms with Crippen molar-refractivity contribution in [1.29, 1.82) is 0 Å². The third kappa shape index (κ3) is 4.32. The largest absolute Gasteiger partial charge is 0.357 e. The summed E-state index contributed by atoms with van der Waals surface area (Å²) in [5.41, 5.74) is 0.407. The summed E-state index contributed by atoms with van der Waals surface area (Å²) in [5.74, 6) is -1.97. The summed E-state index contributed by atoms with van der Waals surface area (Å²) < 4.78 is 26.2. The quantitative estimate of drug-likeness (QED) is 0.633. The molecular weight excluding hydrogens is 477 g/mol. The lowest BCUT2D eigenvalue weighted by Crippen LogP contribution is -2.51. The Bertz CT molecular complexity index is 1170. The number of benzene rings is 2. The molecule has 3 amide bonds. The average Bonchev–Trinajstić information content (AvgIpc) is 2.96. The first-order valence-electron chi connectivity index (χ1n) is 9.73. The van der Waals surface area contributed by atoms with Gasteiger partial charge in [0.1, 0.15) is 17.5 Å². The second kappa shape index (κ2) is 9.48. The molecule has 0 aromatic heterocycles. The first kappa shape index (κ1) is 24.0. The number of nitrogens with one attached hydrogen (secondary N) is 1. The van der Waals surface area contributed by atoms with Gasteiger partial charge in [0.05, 0.1) is 5.56 Å². The van der Waals surface area contributed by atoms with Gasteiger partial charge in [-0.25, -0.2) is 12.7 Å². The number of rotatable bonds is 7. The Morgan fingerprint density at radius 1 is 1.09 bits per heavy atom. The molecular formula is C21H21Cl2N3O5S. The van der Waals surface area contributed by atoms with Gasteiger partial charge < -0.3 is 10.2 Å². The van der Waals surface area contributed by atoms with E-state index in [0.29, 0.717) is 19.9 Å². The molecule has 32 heavy (non-hydrogen) atoms. The van der Waals surface area contributed by atoms with E-state index >= 15 is 0 Å². The smallest absolute Gasteiger partial charge is 0.269 e. The summed E-state index contributed by atoms with van der Waals surface area (Å²) in [5, 5.41) is 3.08. The number of amides is 3. The first-order valence-corrected chi connectivity index (χ1v) is 11.9. The van der Waals surface area contributed by atoms with Crippen LogP contribution >= 0.6 is 23.2 Å². The van der Waals surface area contributed by atoms with Crippen LogP contribution in [0.2, 0.25) is 10.0 Å². The molecule has 0 saturated carbocycles. The summed E-state index contributed by atoms with van der Waals surface area (Å²) in [6, 6.07) is 9.65. The van der Waals surface area contributed by atoms with E-state index < -0.39 is 40.3 Å². The molecule has 1 aliphatic heterocycles. The number of fused-ring (bicyclic) bond motifs is 1. The number of hydrogen-bond acceptors (Lipinski definition) is 5. The SMILES string of the molecule is CC[C@H](C(=O)NC)N(Cc1c(Cl)cccc1Cl)C(=O)CN1C(=O)c2ccccc2S1(=O)=O. The third-order valence-electron chi connectivity index (χ3n) is 5.21. The van der Waals surface area contributed by atoms with E-state index in [0.717, 1.165) is 0 Å². The Kier molecular flexibility index (Phi) is 7.12. The molecule has 11 heteroatoms. The van der Waals surface area contributed by atoms with Crippen LogP contribution in [0, 0.1) is 0 Å². The van der Waals surface area contributed by atoms with Crippen LogP contribution in [0.4, 0.5) is 0 Å². The van der Waals surface area contributed by atoms with Crippen LogP contribution in [-0.4, -0.2) is 55.0 Å². The molecule has 0 radical (unpaired) electrons. The molecule has 8 nitrogen and oxygen atoms in total. The van der Waals surface area contributed by atoms with E-state index in [1.54, 1.807) is 31.2 Å². The summed E-state index contributed by atoms with van der Waals surface area (Å²) >= 11 is 12.5. The maximum Gasteiger partial charge on any atom is 0.269 e. The maximum absolute atomic E-state index is 13.3. The van der Waals surface area contributed by atoms with Gasteiger partial charge in [-0.1, -0.05) is 48.3 Å². The lowest BCUT2D eigenvalue weighted by atomic mass is 10.1. The number of nitrogens with zero attached hydrogens (tertiary/aromatic N) is 2. The van der Waals surface area contributed by atoms with Gasteiger partial charge in [-0.15, -0.1) is 0 Å². The normalized spacial score (nSPS) is 15.2. The minimum Gasteiger partial charge on any atom is -0.357 e. The Morgan fingerprint density at radius 2 is 1.72 bits per heavy atom. The van der Waals surface area contributed by atoms with Crippen LogP contribution in [0.3, 0.4) is 0 Å². The Hall–Kier alpha value is -2.62. The second-order valence-electron chi connectivity index (χ2n) is 7.07. The molecule has 2 aromatic rings. The lowest BCUT2D eigenvalue weighted by Gasteiger charge is -2.31. The van der Waals surface area contributed by atoms with Gasteiger partial charge in [0.2, 0.25) is 11.8 Å². The molecule has 0 saturated heterocycles. The van der Waals surface area contributed by atoms with Crippen LogP contribution in [0.1, 0.15) is 29.3 Å². The van der Waals surface area contributed by atoms with Crippen molar-refractivity contribution >= 4 is 50.9 Å². The molecule has 2 aromatic carbocycles. The Labute approximate surface area is 196 Å². The van der Waals surface area contributed by atoms with Crippen molar-refractivity contribution in [1.82, 2.24) is 14.5 Å². The summed E-state index contributed by atoms with van der Waals surface area (Å²) in [6.45, 7) is 0.811. The van der Waals surface area contributed by atoms with E-state index in [4.69, 9.17) is 23.2 Å². The van der Waals surface area contributed by atoms with Crippen LogP contribution in [-0.2, 0) is 26.2 Å². The lowest BCUT2D eigenvalue weighted by molar-refractivity contribution is -0.141. The Balaban J connectivity index is 1.97. The first-order chi connectivity index (χ1) is 15.1. The van der Waals surface area contributed by atoms with Crippen molar-refractivity contribution in [3.05, 3.63) is 63.6 Å². The number of carbonyl (C=O) groups excluding carboxylic acids is 3. The monoisotopic (exact) mass is 497 g/mol. The zero-order valence-electron chi connectivity index (χ0n) is 17.3. The van der Waals surface area contributed by atoms with E-state index in [-0.39, 0.29) is 23.4 Å². The van der Waals surface area contributed by atoms with E-state index in [1.165, 1.54) is 30.1 Å². The number of sulfonamides is 1. The highest BCUT2D eigenvalue weighted by Gasteiger charge is 2.43. The molecule has 0 spiro atoms. The molecule has 0 fully saturated rings. The second-order valence-corrected chi connectivity index (χ2v) is 9.72. The number of likely N-dealkylation sites (N-methyl/N-ethyl adjacent to an activating group) is 1. The van der Waals surface area contributed by atoms with E-state index in [9.17, 15) is 22.8 Å². The van der Waals surface area contributed by atoms with Gasteiger partial charge in [0.15, 0.2) is 0 Å². The molecule has 0 bridgehead atoms. The van der Waals surface area contributed by atoms with Gasteiger partial charge >= 0.3 is 0 Å². The number of halogens is 2. The maximum atomic E-state index is 13.3. The molecule has 1 heterocycles. The van der Waals surface area contributed by atoms with Crippen LogP contribution in [0.25, 0.3) is 0 Å². The van der Waals surface area contributed by atoms with Crippen molar-refractivity contribution in [3.63, 3.8) is 0 Å². The number of carbonyl (C=O) groups is 3. The van der Waals surface area contributed by atoms with Gasteiger partial charge in [0.25, 0.3) is 15.9 Å². The molecule has 170 valence electrons. The molecule has 0 aliphatic carbocycles. The van der Waals surface area contributed by atoms with Crippen molar-refractivity contribution in [3.8, 4) is 0 Å². The summed E-state index contributed by atoms with van der Waals surface area (Å²) in [6.07, 6.45) is 0.244. The fraction of sp³-hybridized carbons (Fsp3) is 0.286. The Morgan fingerprint density at radius 3 is 2.28 bits per heavy atom. The minimum absolute atomic E-state index is 0.000610. The molecule has 1 atom stereocenters. The predicted molar refractivity (Wildman–Crippen MR) is 120 cm³/mol. The minimum atomic E-state index is -4.19. The van der Waals surface area contributed by atoms with E-state index in [1.807, 2.05) is 0 Å². The summed E-state index contributed by atoms with van der Waals surface area (Å²) in [7, 11) is -2.76. The topological polar surface area (TPSA) is 104 Å². The molecule has 3 rings (SSSR count). The highest BCUT2D eigenvalue weighted by molar-refractivity contribution is 7.90. The predicted octanol–water partition coefficient (Wildman–Crippen LogP) is 2.69. The zero-order valence-corrected chi connectivity index (χ0v) is 19.7. The van der Waals surface area contributed by atoms with Gasteiger partial charge in [-0.3, -0.25) is 14.4 Å². The summed E-state index contributed by atoms with van der Waals surface area (Å²) in [4.78, 5) is 39.6. The molecule has 0 unspecified atom stereocenters. The van der Waals surface area contributed by atoms with E-state index in [2.05, 4.69) is 5.32 Å². The van der Waals surface area contributed by atoms with Crippen molar-refractivity contribution in [2.45, 2.75) is 30.8 Å². The third-order valence-corrected chi connectivity index (χ3v) is 7.71. The van der Waals surface area contributed by atoms with Crippen LogP contribution in [0.15, 0.2) is 47.4 Å². The van der Waals surface area contributed by atoms with Crippen molar-refractivity contribution in [2.24, 2.45) is 0 Å². The van der Waals surface area contributed by atoms with Crippen molar-refractivity contribution < 1.29 is 22.8 Å². The van der Waals surface area contributed by atoms with Crippen LogP contribution < -0.4 is 5.32 Å². The standard InChI is InChI=1S/C21H21Cl2N3O5S/c1-3-17(20(28)24-2)25(11-14-15(22)8-6-9-16(14)23)19(27)12-26-21(29)13-7-4-5-10-18(13)32(26,30)31/h4-10,17H,3,11-12H2,1-2H3,(H,24,28)/t17-/m1/s1. The van der Waals surface area contributed by atoms with Crippen LogP contribution in [0.5, 0.6) is 0 Å². The van der Waals surface area contributed by atoms with Gasteiger partial charge in [-0.2, -0.15) is 0 Å². The molecule has 1 N–H and O–H groups in total. The number of hydrogen-bond donors (Lipinski definition) is 1. The van der Waals surface area contributed by atoms with Gasteiger partial charge in [-0.05, 0) is 30.7 Å². The molecule has 1 aliphatic rings. The van der Waals surface area contributed by atoms with Crippen molar-refractivity contribution in [2.75, 3.05) is 13.6 Å². The fourth-order valence-electron chi connectivity index (χ4n) is 3.54. The average molecular weight is 498 g/mol. The fourth-order valence-corrected chi connectivity index (χ4v) is 5.58.